The molecule has 0 fully saturated rings. The number of nitrogens with zero attached hydrogens (tertiary/aromatic N) is 2. The third kappa shape index (κ3) is 3.51. The standard InChI is InChI=1S/C14H16N4O/c1-15-13-5-7-17-10-12(13)14(19)18-8-4-11-3-2-6-16-9-11/h2-3,5-7,9-10H,4,8H2,1H3,(H,15,17)(H,18,19). The smallest absolute Gasteiger partial charge is 0.254 e. The summed E-state index contributed by atoms with van der Waals surface area (Å²) in [6.45, 7) is 0.572. The molecule has 0 aliphatic heterocycles. The summed E-state index contributed by atoms with van der Waals surface area (Å²) in [5, 5.41) is 5.85. The lowest BCUT2D eigenvalue weighted by molar-refractivity contribution is 0.0954. The lowest BCUT2D eigenvalue weighted by atomic mass is 10.2. The molecule has 2 heterocycles. The molecule has 5 nitrogen and oxygen atoms in total. The molecule has 98 valence electrons. The fourth-order valence-electron chi connectivity index (χ4n) is 1.76. The van der Waals surface area contributed by atoms with Crippen molar-refractivity contribution in [3.8, 4) is 0 Å². The van der Waals surface area contributed by atoms with Crippen LogP contribution in [-0.4, -0.2) is 29.5 Å². The molecule has 0 aliphatic carbocycles. The van der Waals surface area contributed by atoms with E-state index in [2.05, 4.69) is 20.6 Å². The van der Waals surface area contributed by atoms with Gasteiger partial charge in [0, 0.05) is 44.1 Å². The minimum atomic E-state index is -0.124. The summed E-state index contributed by atoms with van der Waals surface area (Å²) >= 11 is 0. The van der Waals surface area contributed by atoms with Gasteiger partial charge in [0.05, 0.1) is 5.56 Å². The zero-order valence-electron chi connectivity index (χ0n) is 10.8. The average Bonchev–Trinajstić information content (AvgIpc) is 2.48. The van der Waals surface area contributed by atoms with Gasteiger partial charge in [0.15, 0.2) is 0 Å². The highest BCUT2D eigenvalue weighted by atomic mass is 16.1. The summed E-state index contributed by atoms with van der Waals surface area (Å²) in [6, 6.07) is 5.65. The second kappa shape index (κ2) is 6.49. The van der Waals surface area contributed by atoms with Crippen LogP contribution in [-0.2, 0) is 6.42 Å². The van der Waals surface area contributed by atoms with Gasteiger partial charge in [-0.2, -0.15) is 0 Å². The van der Waals surface area contributed by atoms with Gasteiger partial charge >= 0.3 is 0 Å². The highest BCUT2D eigenvalue weighted by molar-refractivity contribution is 5.99. The van der Waals surface area contributed by atoms with Gasteiger partial charge in [-0.1, -0.05) is 6.07 Å². The molecule has 0 aromatic carbocycles. The van der Waals surface area contributed by atoms with E-state index < -0.39 is 0 Å². The van der Waals surface area contributed by atoms with Gasteiger partial charge in [-0.05, 0) is 24.1 Å². The number of nitrogens with one attached hydrogen (secondary N) is 2. The molecule has 2 rings (SSSR count). The molecular formula is C14H16N4O. The van der Waals surface area contributed by atoms with E-state index in [4.69, 9.17) is 0 Å². The Balaban J connectivity index is 1.91. The minimum absolute atomic E-state index is 0.124. The maximum absolute atomic E-state index is 12.0. The highest BCUT2D eigenvalue weighted by Gasteiger charge is 2.09. The molecule has 0 radical (unpaired) electrons. The van der Waals surface area contributed by atoms with Gasteiger partial charge in [-0.25, -0.2) is 0 Å². The van der Waals surface area contributed by atoms with Crippen LogP contribution >= 0.6 is 0 Å². The molecule has 0 spiro atoms. The third-order valence-electron chi connectivity index (χ3n) is 2.76. The maximum atomic E-state index is 12.0. The second-order valence-electron chi connectivity index (χ2n) is 4.04. The Kier molecular flexibility index (Phi) is 4.44. The first-order valence-corrected chi connectivity index (χ1v) is 6.10. The maximum Gasteiger partial charge on any atom is 0.254 e. The molecule has 0 atom stereocenters. The van der Waals surface area contributed by atoms with Crippen LogP contribution in [0.25, 0.3) is 0 Å². The topological polar surface area (TPSA) is 66.9 Å². The van der Waals surface area contributed by atoms with Crippen LogP contribution in [0.4, 0.5) is 5.69 Å². The van der Waals surface area contributed by atoms with Crippen LogP contribution in [0, 0.1) is 0 Å². The van der Waals surface area contributed by atoms with Crippen molar-refractivity contribution < 1.29 is 4.79 Å². The SMILES string of the molecule is CNc1ccncc1C(=O)NCCc1cccnc1. The Hall–Kier alpha value is -2.43. The van der Waals surface area contributed by atoms with Gasteiger partial charge in [0.25, 0.3) is 5.91 Å². The van der Waals surface area contributed by atoms with Crippen molar-refractivity contribution in [2.45, 2.75) is 6.42 Å². The number of carbonyl (C=O) groups is 1. The summed E-state index contributed by atoms with van der Waals surface area (Å²) < 4.78 is 0. The number of pyridine rings is 2. The van der Waals surface area contributed by atoms with Gasteiger partial charge < -0.3 is 10.6 Å². The molecule has 0 unspecified atom stereocenters. The van der Waals surface area contributed by atoms with Crippen LogP contribution in [0.2, 0.25) is 0 Å². The van der Waals surface area contributed by atoms with Crippen molar-refractivity contribution >= 4 is 11.6 Å². The van der Waals surface area contributed by atoms with Crippen molar-refractivity contribution in [3.63, 3.8) is 0 Å². The van der Waals surface area contributed by atoms with Gasteiger partial charge in [0.2, 0.25) is 0 Å². The monoisotopic (exact) mass is 256 g/mol. The number of aromatic nitrogens is 2. The van der Waals surface area contributed by atoms with Gasteiger partial charge in [-0.15, -0.1) is 0 Å². The number of hydrogen-bond acceptors (Lipinski definition) is 4. The molecule has 2 aromatic heterocycles. The average molecular weight is 256 g/mol. The fourth-order valence-corrected chi connectivity index (χ4v) is 1.76. The van der Waals surface area contributed by atoms with Crippen molar-refractivity contribution in [1.82, 2.24) is 15.3 Å². The summed E-state index contributed by atoms with van der Waals surface area (Å²) in [6.07, 6.45) is 7.50. The van der Waals surface area contributed by atoms with Gasteiger partial charge in [-0.3, -0.25) is 14.8 Å². The number of hydrogen-bond donors (Lipinski definition) is 2. The first-order valence-electron chi connectivity index (χ1n) is 6.10. The molecule has 2 aromatic rings. The normalized spacial score (nSPS) is 9.95. The molecule has 1 amide bonds. The summed E-state index contributed by atoms with van der Waals surface area (Å²) in [5.74, 6) is -0.124. The van der Waals surface area contributed by atoms with E-state index in [-0.39, 0.29) is 5.91 Å². The summed E-state index contributed by atoms with van der Waals surface area (Å²) in [7, 11) is 1.78. The Morgan fingerprint density at radius 3 is 2.79 bits per heavy atom. The molecule has 0 saturated heterocycles. The molecule has 19 heavy (non-hydrogen) atoms. The second-order valence-corrected chi connectivity index (χ2v) is 4.04. The van der Waals surface area contributed by atoms with Crippen LogP contribution in [0.5, 0.6) is 0 Å². The largest absolute Gasteiger partial charge is 0.387 e. The molecule has 0 aliphatic rings. The highest BCUT2D eigenvalue weighted by Crippen LogP contribution is 2.11. The van der Waals surface area contributed by atoms with Crippen LogP contribution in [0.1, 0.15) is 15.9 Å². The van der Waals surface area contributed by atoms with Crippen molar-refractivity contribution in [2.75, 3.05) is 18.9 Å². The van der Waals surface area contributed by atoms with E-state index in [0.717, 1.165) is 17.7 Å². The fraction of sp³-hybridized carbons (Fsp3) is 0.214. The van der Waals surface area contributed by atoms with Crippen molar-refractivity contribution in [3.05, 3.63) is 54.1 Å². The quantitative estimate of drug-likeness (QED) is 0.850. The molecule has 0 bridgehead atoms. The Morgan fingerprint density at radius 1 is 1.21 bits per heavy atom. The molecular weight excluding hydrogens is 240 g/mol. The van der Waals surface area contributed by atoms with Crippen molar-refractivity contribution in [2.24, 2.45) is 0 Å². The number of anilines is 1. The minimum Gasteiger partial charge on any atom is -0.387 e. The van der Waals surface area contributed by atoms with Crippen LogP contribution < -0.4 is 10.6 Å². The van der Waals surface area contributed by atoms with E-state index in [0.29, 0.717) is 12.1 Å². The van der Waals surface area contributed by atoms with E-state index >= 15 is 0 Å². The first-order chi connectivity index (χ1) is 9.31. The third-order valence-corrected chi connectivity index (χ3v) is 2.76. The summed E-state index contributed by atoms with van der Waals surface area (Å²) in [5.41, 5.74) is 2.42. The first kappa shape index (κ1) is 13.0. The van der Waals surface area contributed by atoms with E-state index in [1.165, 1.54) is 0 Å². The number of rotatable bonds is 5. The molecule has 2 N–H and O–H groups in total. The van der Waals surface area contributed by atoms with E-state index in [1.54, 1.807) is 37.9 Å². The van der Waals surface area contributed by atoms with Crippen LogP contribution in [0.15, 0.2) is 43.0 Å². The summed E-state index contributed by atoms with van der Waals surface area (Å²) in [4.78, 5) is 20.0. The predicted molar refractivity (Wildman–Crippen MR) is 74.1 cm³/mol. The molecule has 5 heteroatoms. The van der Waals surface area contributed by atoms with Crippen LogP contribution in [0.3, 0.4) is 0 Å². The van der Waals surface area contributed by atoms with E-state index in [9.17, 15) is 4.79 Å². The van der Waals surface area contributed by atoms with E-state index in [1.807, 2.05) is 12.1 Å². The Labute approximate surface area is 112 Å². The zero-order chi connectivity index (χ0) is 13.5. The Morgan fingerprint density at radius 2 is 2.05 bits per heavy atom. The zero-order valence-corrected chi connectivity index (χ0v) is 10.8. The van der Waals surface area contributed by atoms with Crippen molar-refractivity contribution in [1.29, 1.82) is 0 Å². The Bertz CT molecular complexity index is 542. The number of carbonyl (C=O) groups excluding carboxylic acids is 1. The lowest BCUT2D eigenvalue weighted by Crippen LogP contribution is -2.26. The predicted octanol–water partition coefficient (Wildman–Crippen LogP) is 1.49. The molecule has 0 saturated carbocycles. The van der Waals surface area contributed by atoms with Gasteiger partial charge in [0.1, 0.15) is 0 Å². The lowest BCUT2D eigenvalue weighted by Gasteiger charge is -2.09. The number of amides is 1.